The molecular weight excluding hydrogens is 417 g/mol. The van der Waals surface area contributed by atoms with Gasteiger partial charge >= 0.3 is 0 Å². The molecule has 0 fully saturated rings. The van der Waals surface area contributed by atoms with E-state index in [1.807, 2.05) is 0 Å². The summed E-state index contributed by atoms with van der Waals surface area (Å²) in [6.07, 6.45) is 1.38. The lowest BCUT2D eigenvalue weighted by Gasteiger charge is -2.20. The first-order valence-electron chi connectivity index (χ1n) is 9.58. The van der Waals surface area contributed by atoms with Gasteiger partial charge in [-0.15, -0.1) is 0 Å². The highest BCUT2D eigenvalue weighted by Crippen LogP contribution is 2.25. The second-order valence-electron chi connectivity index (χ2n) is 6.96. The Morgan fingerprint density at radius 3 is 2.31 bits per heavy atom. The fraction of sp³-hybridized carbons (Fsp3) is 0.0909. The predicted octanol–water partition coefficient (Wildman–Crippen LogP) is 2.73. The zero-order valence-electron chi connectivity index (χ0n) is 16.6. The summed E-state index contributed by atoms with van der Waals surface area (Å²) in [6.45, 7) is 0. The van der Waals surface area contributed by atoms with Gasteiger partial charge in [0.25, 0.3) is 11.8 Å². The van der Waals surface area contributed by atoms with Crippen molar-refractivity contribution < 1.29 is 23.2 Å². The summed E-state index contributed by atoms with van der Waals surface area (Å²) in [6, 6.07) is 14.1. The van der Waals surface area contributed by atoms with E-state index in [1.54, 1.807) is 30.3 Å². The number of primary amides is 1. The van der Waals surface area contributed by atoms with Crippen molar-refractivity contribution in [1.29, 1.82) is 0 Å². The van der Waals surface area contributed by atoms with Crippen molar-refractivity contribution >= 4 is 40.5 Å². The SMILES string of the molecule is NC(=O)[C@@H]1CC(C(=O)Nc2cccc(NC(=O)c3ccco3)c2)=NN1c1ccc(F)cc1. The molecule has 4 N–H and O–H groups in total. The third-order valence-electron chi connectivity index (χ3n) is 4.72. The predicted molar refractivity (Wildman–Crippen MR) is 116 cm³/mol. The minimum Gasteiger partial charge on any atom is -0.459 e. The fourth-order valence-corrected chi connectivity index (χ4v) is 3.18. The average molecular weight is 435 g/mol. The van der Waals surface area contributed by atoms with E-state index in [0.717, 1.165) is 0 Å². The van der Waals surface area contributed by atoms with Gasteiger partial charge < -0.3 is 20.8 Å². The van der Waals surface area contributed by atoms with Crippen LogP contribution in [0.1, 0.15) is 17.0 Å². The van der Waals surface area contributed by atoms with Crippen molar-refractivity contribution in [1.82, 2.24) is 0 Å². The van der Waals surface area contributed by atoms with Gasteiger partial charge in [0, 0.05) is 17.8 Å². The Kier molecular flexibility index (Phi) is 5.67. The standard InChI is InChI=1S/C22H18FN5O4/c23-13-6-8-16(9-7-13)28-18(20(24)29)12-17(27-28)21(30)25-14-3-1-4-15(11-14)26-22(31)19-5-2-10-32-19/h1-11,18H,12H2,(H2,24,29)(H,25,30)(H,26,31)/t18-/m0/s1. The van der Waals surface area contributed by atoms with Crippen LogP contribution in [-0.4, -0.2) is 29.5 Å². The number of hydrogen-bond acceptors (Lipinski definition) is 6. The number of nitrogens with one attached hydrogen (secondary N) is 2. The highest BCUT2D eigenvalue weighted by Gasteiger charge is 2.35. The molecular formula is C22H18FN5O4. The van der Waals surface area contributed by atoms with Crippen LogP contribution >= 0.6 is 0 Å². The van der Waals surface area contributed by atoms with Crippen LogP contribution in [0, 0.1) is 5.82 Å². The van der Waals surface area contributed by atoms with Gasteiger partial charge in [0.2, 0.25) is 5.91 Å². The summed E-state index contributed by atoms with van der Waals surface area (Å²) in [5, 5.41) is 10.9. The monoisotopic (exact) mass is 435 g/mol. The minimum absolute atomic E-state index is 0.00648. The molecule has 4 rings (SSSR count). The van der Waals surface area contributed by atoms with Crippen LogP contribution in [0.5, 0.6) is 0 Å². The molecule has 1 atom stereocenters. The number of nitrogens with two attached hydrogens (primary N) is 1. The highest BCUT2D eigenvalue weighted by molar-refractivity contribution is 6.44. The molecule has 1 aromatic heterocycles. The molecule has 9 nitrogen and oxygen atoms in total. The Morgan fingerprint density at radius 2 is 1.69 bits per heavy atom. The third kappa shape index (κ3) is 4.48. The second-order valence-corrected chi connectivity index (χ2v) is 6.96. The van der Waals surface area contributed by atoms with E-state index in [9.17, 15) is 18.8 Å². The van der Waals surface area contributed by atoms with E-state index in [-0.39, 0.29) is 17.9 Å². The molecule has 0 saturated carbocycles. The maximum absolute atomic E-state index is 13.2. The molecule has 2 heterocycles. The summed E-state index contributed by atoms with van der Waals surface area (Å²) in [4.78, 5) is 36.8. The Hall–Kier alpha value is -4.47. The second kappa shape index (κ2) is 8.72. The van der Waals surface area contributed by atoms with Gasteiger partial charge in [-0.05, 0) is 54.6 Å². The van der Waals surface area contributed by atoms with Crippen LogP contribution in [0.2, 0.25) is 0 Å². The van der Waals surface area contributed by atoms with Crippen LogP contribution in [-0.2, 0) is 9.59 Å². The van der Waals surface area contributed by atoms with Crippen LogP contribution in [0.25, 0.3) is 0 Å². The molecule has 0 aliphatic carbocycles. The van der Waals surface area contributed by atoms with Gasteiger partial charge in [-0.2, -0.15) is 5.10 Å². The van der Waals surface area contributed by atoms with Crippen molar-refractivity contribution in [3.05, 3.63) is 78.5 Å². The summed E-state index contributed by atoms with van der Waals surface area (Å²) in [7, 11) is 0. The third-order valence-corrected chi connectivity index (χ3v) is 4.72. The maximum Gasteiger partial charge on any atom is 0.291 e. The summed E-state index contributed by atoms with van der Waals surface area (Å²) in [5.41, 5.74) is 6.84. The lowest BCUT2D eigenvalue weighted by atomic mass is 10.1. The molecule has 0 bridgehead atoms. The lowest BCUT2D eigenvalue weighted by Crippen LogP contribution is -2.39. The molecule has 3 amide bonds. The molecule has 1 aliphatic heterocycles. The molecule has 10 heteroatoms. The largest absolute Gasteiger partial charge is 0.459 e. The van der Waals surface area contributed by atoms with Crippen LogP contribution in [0.15, 0.2) is 76.4 Å². The maximum atomic E-state index is 13.2. The van der Waals surface area contributed by atoms with E-state index < -0.39 is 29.6 Å². The van der Waals surface area contributed by atoms with Gasteiger partial charge in [0.1, 0.15) is 17.6 Å². The Labute approximate surface area is 181 Å². The number of amides is 3. The molecule has 32 heavy (non-hydrogen) atoms. The number of anilines is 3. The Bertz CT molecular complexity index is 1190. The molecule has 0 spiro atoms. The van der Waals surface area contributed by atoms with Gasteiger partial charge in [0.15, 0.2) is 5.76 Å². The number of nitrogens with zero attached hydrogens (tertiary/aromatic N) is 2. The molecule has 0 unspecified atom stereocenters. The van der Waals surface area contributed by atoms with Gasteiger partial charge in [0.05, 0.1) is 12.0 Å². The van der Waals surface area contributed by atoms with E-state index in [2.05, 4.69) is 15.7 Å². The lowest BCUT2D eigenvalue weighted by molar-refractivity contribution is -0.119. The van der Waals surface area contributed by atoms with Crippen LogP contribution in [0.3, 0.4) is 0 Å². The minimum atomic E-state index is -0.875. The van der Waals surface area contributed by atoms with Crippen molar-refractivity contribution in [2.75, 3.05) is 15.6 Å². The first kappa shape index (κ1) is 20.8. The van der Waals surface area contributed by atoms with E-state index in [1.165, 1.54) is 41.6 Å². The molecule has 0 saturated heterocycles. The first-order chi connectivity index (χ1) is 15.4. The van der Waals surface area contributed by atoms with E-state index in [4.69, 9.17) is 10.2 Å². The normalized spacial score (nSPS) is 15.2. The molecule has 2 aromatic carbocycles. The summed E-state index contributed by atoms with van der Waals surface area (Å²) >= 11 is 0. The van der Waals surface area contributed by atoms with Gasteiger partial charge in [-0.25, -0.2) is 4.39 Å². The highest BCUT2D eigenvalue weighted by atomic mass is 19.1. The number of benzene rings is 2. The van der Waals surface area contributed by atoms with Crippen molar-refractivity contribution in [3.63, 3.8) is 0 Å². The zero-order valence-corrected chi connectivity index (χ0v) is 16.6. The summed E-state index contributed by atoms with van der Waals surface area (Å²) in [5.74, 6) is -1.92. The van der Waals surface area contributed by atoms with Crippen LogP contribution < -0.4 is 21.4 Å². The molecule has 1 aliphatic rings. The molecule has 0 radical (unpaired) electrons. The van der Waals surface area contributed by atoms with Crippen molar-refractivity contribution in [2.24, 2.45) is 10.8 Å². The van der Waals surface area contributed by atoms with Crippen molar-refractivity contribution in [3.8, 4) is 0 Å². The number of rotatable bonds is 6. The van der Waals surface area contributed by atoms with E-state index >= 15 is 0 Å². The number of halogens is 1. The molecule has 162 valence electrons. The zero-order chi connectivity index (χ0) is 22.7. The van der Waals surface area contributed by atoms with Crippen LogP contribution in [0.4, 0.5) is 21.5 Å². The smallest absolute Gasteiger partial charge is 0.291 e. The van der Waals surface area contributed by atoms with Gasteiger partial charge in [-0.3, -0.25) is 19.4 Å². The topological polar surface area (TPSA) is 130 Å². The van der Waals surface area contributed by atoms with Gasteiger partial charge in [-0.1, -0.05) is 6.07 Å². The fourth-order valence-electron chi connectivity index (χ4n) is 3.18. The quantitative estimate of drug-likeness (QED) is 0.548. The number of furan rings is 1. The number of hydrazone groups is 1. The first-order valence-corrected chi connectivity index (χ1v) is 9.58. The number of carbonyl (C=O) groups is 3. The Balaban J connectivity index is 1.48. The average Bonchev–Trinajstić information content (AvgIpc) is 3.45. The Morgan fingerprint density at radius 1 is 1.00 bits per heavy atom. The van der Waals surface area contributed by atoms with E-state index in [0.29, 0.717) is 17.1 Å². The van der Waals surface area contributed by atoms with Crippen molar-refractivity contribution in [2.45, 2.75) is 12.5 Å². The number of carbonyl (C=O) groups excluding carboxylic acids is 3. The summed E-state index contributed by atoms with van der Waals surface area (Å²) < 4.78 is 18.3. The number of hydrogen-bond donors (Lipinski definition) is 3. The molecule has 3 aromatic rings.